The molecule has 0 bridgehead atoms. The summed E-state index contributed by atoms with van der Waals surface area (Å²) in [6, 6.07) is 9.70. The second-order valence-electron chi connectivity index (χ2n) is 7.89. The van der Waals surface area contributed by atoms with E-state index in [4.69, 9.17) is 13.9 Å². The Balaban J connectivity index is 1.82. The molecule has 30 heavy (non-hydrogen) atoms. The van der Waals surface area contributed by atoms with Crippen molar-refractivity contribution < 1.29 is 22.3 Å². The fraction of sp³-hybridized carbons (Fsp3) is 0.545. The van der Waals surface area contributed by atoms with Crippen LogP contribution in [-0.2, 0) is 23.1 Å². The molecule has 0 atom stereocenters. The average molecular weight is 437 g/mol. The number of benzene rings is 1. The minimum Gasteiger partial charge on any atom is -0.493 e. The van der Waals surface area contributed by atoms with Gasteiger partial charge in [-0.3, -0.25) is 4.90 Å². The van der Waals surface area contributed by atoms with Gasteiger partial charge >= 0.3 is 0 Å². The van der Waals surface area contributed by atoms with Gasteiger partial charge in [-0.1, -0.05) is 25.3 Å². The van der Waals surface area contributed by atoms with E-state index in [1.807, 2.05) is 18.2 Å². The van der Waals surface area contributed by atoms with Gasteiger partial charge in [-0.2, -0.15) is 0 Å². The van der Waals surface area contributed by atoms with E-state index in [0.29, 0.717) is 29.8 Å². The molecule has 0 aliphatic heterocycles. The zero-order valence-electron chi connectivity index (χ0n) is 18.3. The second-order valence-corrected chi connectivity index (χ2v) is 9.98. The molecule has 1 fully saturated rings. The van der Waals surface area contributed by atoms with Gasteiger partial charge in [-0.25, -0.2) is 12.7 Å². The van der Waals surface area contributed by atoms with Crippen molar-refractivity contribution in [2.75, 3.05) is 28.3 Å². The highest BCUT2D eigenvalue weighted by atomic mass is 32.2. The molecule has 1 heterocycles. The van der Waals surface area contributed by atoms with Crippen LogP contribution in [0.25, 0.3) is 0 Å². The first-order valence-electron chi connectivity index (χ1n) is 10.3. The van der Waals surface area contributed by atoms with Crippen molar-refractivity contribution in [1.29, 1.82) is 0 Å². The number of hydrogen-bond donors (Lipinski definition) is 0. The summed E-state index contributed by atoms with van der Waals surface area (Å²) in [6.45, 7) is 1.28. The number of furan rings is 1. The van der Waals surface area contributed by atoms with Gasteiger partial charge in [-0.05, 0) is 42.7 Å². The minimum absolute atomic E-state index is 0.0165. The molecule has 0 amide bonds. The van der Waals surface area contributed by atoms with Crippen LogP contribution in [0.15, 0.2) is 39.8 Å². The Labute approximate surface area is 179 Å². The molecule has 1 aliphatic rings. The van der Waals surface area contributed by atoms with E-state index < -0.39 is 10.0 Å². The molecule has 0 radical (unpaired) electrons. The molecule has 2 aromatic rings. The highest BCUT2D eigenvalue weighted by Crippen LogP contribution is 2.31. The summed E-state index contributed by atoms with van der Waals surface area (Å²) in [5, 5.41) is -0.0165. The van der Waals surface area contributed by atoms with Crippen LogP contribution in [0.5, 0.6) is 11.5 Å². The van der Waals surface area contributed by atoms with E-state index in [1.54, 1.807) is 26.4 Å². The zero-order chi connectivity index (χ0) is 21.7. The minimum atomic E-state index is -3.57. The Kier molecular flexibility index (Phi) is 7.44. The Morgan fingerprint density at radius 3 is 2.30 bits per heavy atom. The Morgan fingerprint density at radius 2 is 1.67 bits per heavy atom. The van der Waals surface area contributed by atoms with Gasteiger partial charge in [0.25, 0.3) is 10.0 Å². The number of ether oxygens (including phenoxy) is 2. The van der Waals surface area contributed by atoms with Gasteiger partial charge in [0.15, 0.2) is 11.5 Å². The molecule has 0 unspecified atom stereocenters. The predicted octanol–water partition coefficient (Wildman–Crippen LogP) is 3.88. The summed E-state index contributed by atoms with van der Waals surface area (Å²) < 4.78 is 42.4. The summed E-state index contributed by atoms with van der Waals surface area (Å²) in [6.07, 6.45) is 5.97. The van der Waals surface area contributed by atoms with Crippen LogP contribution in [-0.4, -0.2) is 52.0 Å². The SMILES string of the molecule is COc1ccc(CN(Cc2ccc(S(=O)(=O)N(C)C)o2)C2CCCCC2)cc1OC. The molecule has 1 aromatic heterocycles. The zero-order valence-corrected chi connectivity index (χ0v) is 19.1. The maximum Gasteiger partial charge on any atom is 0.275 e. The maximum atomic E-state index is 12.3. The van der Waals surface area contributed by atoms with E-state index >= 15 is 0 Å². The number of rotatable bonds is 9. The normalized spacial score (nSPS) is 15.7. The second kappa shape index (κ2) is 9.85. The first-order chi connectivity index (χ1) is 14.3. The highest BCUT2D eigenvalue weighted by Gasteiger charge is 2.25. The lowest BCUT2D eigenvalue weighted by Crippen LogP contribution is -2.35. The van der Waals surface area contributed by atoms with E-state index in [2.05, 4.69) is 4.90 Å². The summed E-state index contributed by atoms with van der Waals surface area (Å²) in [4.78, 5) is 2.38. The molecule has 1 saturated carbocycles. The Bertz CT molecular complexity index is 933. The molecule has 3 rings (SSSR count). The van der Waals surface area contributed by atoms with Crippen molar-refractivity contribution in [3.8, 4) is 11.5 Å². The van der Waals surface area contributed by atoms with Crippen molar-refractivity contribution in [2.45, 2.75) is 56.3 Å². The molecule has 1 aliphatic carbocycles. The monoisotopic (exact) mass is 436 g/mol. The third kappa shape index (κ3) is 5.17. The fourth-order valence-corrected chi connectivity index (χ4v) is 4.75. The highest BCUT2D eigenvalue weighted by molar-refractivity contribution is 7.88. The molecular formula is C22H32N2O5S. The fourth-order valence-electron chi connectivity index (χ4n) is 3.94. The van der Waals surface area contributed by atoms with Crippen molar-refractivity contribution in [3.63, 3.8) is 0 Å². The van der Waals surface area contributed by atoms with Crippen LogP contribution < -0.4 is 9.47 Å². The molecule has 7 nitrogen and oxygen atoms in total. The topological polar surface area (TPSA) is 72.2 Å². The van der Waals surface area contributed by atoms with Crippen molar-refractivity contribution >= 4 is 10.0 Å². The van der Waals surface area contributed by atoms with Gasteiger partial charge in [0.05, 0.1) is 20.8 Å². The van der Waals surface area contributed by atoms with Crippen LogP contribution >= 0.6 is 0 Å². The lowest BCUT2D eigenvalue weighted by molar-refractivity contribution is 0.127. The molecule has 0 N–H and O–H groups in total. The Hall–Kier alpha value is -2.03. The largest absolute Gasteiger partial charge is 0.493 e. The maximum absolute atomic E-state index is 12.3. The summed E-state index contributed by atoms with van der Waals surface area (Å²) in [7, 11) is 2.69. The third-order valence-electron chi connectivity index (χ3n) is 5.66. The van der Waals surface area contributed by atoms with E-state index in [0.717, 1.165) is 29.3 Å². The molecule has 1 aromatic carbocycles. The molecule has 0 spiro atoms. The van der Waals surface area contributed by atoms with Crippen LogP contribution in [0.3, 0.4) is 0 Å². The van der Waals surface area contributed by atoms with E-state index in [1.165, 1.54) is 33.4 Å². The van der Waals surface area contributed by atoms with Gasteiger partial charge in [-0.15, -0.1) is 0 Å². The lowest BCUT2D eigenvalue weighted by Gasteiger charge is -2.34. The van der Waals surface area contributed by atoms with Gasteiger partial charge < -0.3 is 13.9 Å². The first kappa shape index (κ1) is 22.7. The quantitative estimate of drug-likeness (QED) is 0.594. The van der Waals surface area contributed by atoms with E-state index in [9.17, 15) is 8.42 Å². The summed E-state index contributed by atoms with van der Waals surface area (Å²) >= 11 is 0. The van der Waals surface area contributed by atoms with Crippen molar-refractivity contribution in [1.82, 2.24) is 9.21 Å². The smallest absolute Gasteiger partial charge is 0.275 e. The molecule has 8 heteroatoms. The van der Waals surface area contributed by atoms with Gasteiger partial charge in [0.2, 0.25) is 5.09 Å². The van der Waals surface area contributed by atoms with Crippen LogP contribution in [0.1, 0.15) is 43.4 Å². The molecule has 166 valence electrons. The van der Waals surface area contributed by atoms with Crippen LogP contribution in [0, 0.1) is 0 Å². The standard InChI is InChI=1S/C22H32N2O5S/c1-23(2)30(25,26)22-13-11-19(29-22)16-24(18-8-6-5-7-9-18)15-17-10-12-20(27-3)21(14-17)28-4/h10-14,18H,5-9,15-16H2,1-4H3. The number of methoxy groups -OCH3 is 2. The third-order valence-corrected chi connectivity index (χ3v) is 7.34. The molecule has 0 saturated heterocycles. The van der Waals surface area contributed by atoms with Gasteiger partial charge in [0.1, 0.15) is 5.76 Å². The lowest BCUT2D eigenvalue weighted by atomic mass is 9.93. The average Bonchev–Trinajstić information content (AvgIpc) is 3.23. The van der Waals surface area contributed by atoms with Crippen molar-refractivity contribution in [2.24, 2.45) is 0 Å². The van der Waals surface area contributed by atoms with E-state index in [-0.39, 0.29) is 5.09 Å². The number of sulfonamides is 1. The van der Waals surface area contributed by atoms with Crippen LogP contribution in [0.2, 0.25) is 0 Å². The van der Waals surface area contributed by atoms with Crippen molar-refractivity contribution in [3.05, 3.63) is 41.7 Å². The van der Waals surface area contributed by atoms with Crippen LogP contribution in [0.4, 0.5) is 0 Å². The number of hydrogen-bond acceptors (Lipinski definition) is 6. The first-order valence-corrected chi connectivity index (χ1v) is 11.8. The number of nitrogens with zero attached hydrogens (tertiary/aromatic N) is 2. The summed E-state index contributed by atoms with van der Waals surface area (Å²) in [5.41, 5.74) is 1.12. The summed E-state index contributed by atoms with van der Waals surface area (Å²) in [5.74, 6) is 2.06. The Morgan fingerprint density at radius 1 is 0.967 bits per heavy atom. The molecular weight excluding hydrogens is 404 g/mol. The predicted molar refractivity (Wildman–Crippen MR) is 115 cm³/mol. The van der Waals surface area contributed by atoms with Gasteiger partial charge in [0, 0.05) is 26.7 Å².